The second-order valence-electron chi connectivity index (χ2n) is 11.6. The molecular weight excluding hydrogens is 490 g/mol. The molecule has 196 valence electrons. The van der Waals surface area contributed by atoms with Crippen molar-refractivity contribution in [1.29, 1.82) is 0 Å². The molecule has 4 heterocycles. The second kappa shape index (κ2) is 8.88. The molecule has 2 aromatic rings. The summed E-state index contributed by atoms with van der Waals surface area (Å²) >= 11 is 6.38. The van der Waals surface area contributed by atoms with E-state index in [0.29, 0.717) is 35.8 Å². The van der Waals surface area contributed by atoms with Gasteiger partial charge in [-0.15, -0.1) is 10.2 Å². The van der Waals surface area contributed by atoms with Gasteiger partial charge in [0.05, 0.1) is 30.5 Å². The van der Waals surface area contributed by atoms with Gasteiger partial charge in [-0.05, 0) is 64.3 Å². The third-order valence-corrected chi connectivity index (χ3v) is 8.22. The predicted octanol–water partition coefficient (Wildman–Crippen LogP) is 5.29. The zero-order valence-electron chi connectivity index (χ0n) is 21.9. The highest BCUT2D eigenvalue weighted by Crippen LogP contribution is 2.49. The predicted molar refractivity (Wildman–Crippen MR) is 142 cm³/mol. The van der Waals surface area contributed by atoms with Crippen molar-refractivity contribution in [3.8, 4) is 5.69 Å². The van der Waals surface area contributed by atoms with Crippen LogP contribution in [0, 0.1) is 11.8 Å². The topological polar surface area (TPSA) is 72.7 Å². The summed E-state index contributed by atoms with van der Waals surface area (Å²) < 4.78 is 14.4. The van der Waals surface area contributed by atoms with Gasteiger partial charge < -0.3 is 14.4 Å². The van der Waals surface area contributed by atoms with Crippen molar-refractivity contribution >= 4 is 23.6 Å². The Morgan fingerprint density at radius 1 is 1.14 bits per heavy atom. The molecule has 1 aromatic carbocycles. The fourth-order valence-corrected chi connectivity index (χ4v) is 6.51. The summed E-state index contributed by atoms with van der Waals surface area (Å²) in [5, 5.41) is 9.79. The molecule has 8 nitrogen and oxygen atoms in total. The van der Waals surface area contributed by atoms with Crippen molar-refractivity contribution in [2.75, 3.05) is 18.0 Å². The average molecular weight is 524 g/mol. The molecule has 0 radical (unpaired) electrons. The van der Waals surface area contributed by atoms with Crippen LogP contribution in [0.4, 0.5) is 10.7 Å². The first kappa shape index (κ1) is 24.5. The molecule has 2 fully saturated rings. The Kier molecular flexibility index (Phi) is 5.88. The molecule has 6 rings (SSSR count). The van der Waals surface area contributed by atoms with Crippen LogP contribution in [-0.2, 0) is 22.6 Å². The Morgan fingerprint density at radius 3 is 2.65 bits per heavy atom. The number of aromatic nitrogens is 3. The van der Waals surface area contributed by atoms with Gasteiger partial charge in [-0.3, -0.25) is 9.47 Å². The molecule has 3 aliphatic heterocycles. The summed E-state index contributed by atoms with van der Waals surface area (Å²) in [5.41, 5.74) is 1.15. The minimum absolute atomic E-state index is 0.136. The molecule has 0 N–H and O–H groups in total. The van der Waals surface area contributed by atoms with E-state index < -0.39 is 5.60 Å². The number of ether oxygens (including phenoxy) is 2. The first-order valence-corrected chi connectivity index (χ1v) is 13.5. The van der Waals surface area contributed by atoms with Crippen molar-refractivity contribution in [3.63, 3.8) is 0 Å². The molecule has 3 unspecified atom stereocenters. The first-order chi connectivity index (χ1) is 17.6. The Morgan fingerprint density at radius 2 is 1.89 bits per heavy atom. The summed E-state index contributed by atoms with van der Waals surface area (Å²) in [5.74, 6) is 2.35. The van der Waals surface area contributed by atoms with Crippen LogP contribution in [0.2, 0.25) is 5.02 Å². The van der Waals surface area contributed by atoms with E-state index >= 15 is 0 Å². The molecule has 0 bridgehead atoms. The SMILES string of the molecule is CC1OC2(CCN(c3nnc4n3-c3ccc(Cl)cc3CN(C(=O)OC(C)(C)C)C4)CC2)C2C=CC=CC12. The van der Waals surface area contributed by atoms with Gasteiger partial charge in [0.2, 0.25) is 5.95 Å². The Bertz CT molecular complexity index is 1270. The number of hydrogen-bond acceptors (Lipinski definition) is 6. The van der Waals surface area contributed by atoms with Crippen LogP contribution in [0.15, 0.2) is 42.5 Å². The van der Waals surface area contributed by atoms with E-state index in [1.54, 1.807) is 4.90 Å². The number of rotatable bonds is 1. The lowest BCUT2D eigenvalue weighted by atomic mass is 9.73. The summed E-state index contributed by atoms with van der Waals surface area (Å²) in [6.45, 7) is 10.1. The van der Waals surface area contributed by atoms with Crippen molar-refractivity contribution in [2.24, 2.45) is 11.8 Å². The molecule has 9 heteroatoms. The zero-order valence-corrected chi connectivity index (χ0v) is 22.6. The molecule has 1 aromatic heterocycles. The maximum absolute atomic E-state index is 13.0. The van der Waals surface area contributed by atoms with Crippen LogP contribution >= 0.6 is 11.6 Å². The van der Waals surface area contributed by atoms with Crippen molar-refractivity contribution in [1.82, 2.24) is 19.7 Å². The Labute approximate surface area is 222 Å². The van der Waals surface area contributed by atoms with Gasteiger partial charge in [-0.25, -0.2) is 4.79 Å². The highest BCUT2D eigenvalue weighted by molar-refractivity contribution is 6.30. The van der Waals surface area contributed by atoms with E-state index in [2.05, 4.69) is 50.9 Å². The molecule has 2 saturated heterocycles. The van der Waals surface area contributed by atoms with E-state index in [4.69, 9.17) is 21.1 Å². The maximum Gasteiger partial charge on any atom is 0.411 e. The third kappa shape index (κ3) is 4.34. The van der Waals surface area contributed by atoms with Crippen LogP contribution in [0.5, 0.6) is 0 Å². The number of anilines is 1. The second-order valence-corrected chi connectivity index (χ2v) is 12.0. The lowest BCUT2D eigenvalue weighted by Crippen LogP contribution is -2.48. The number of allylic oxidation sites excluding steroid dienone is 2. The number of benzene rings is 1. The molecule has 1 aliphatic carbocycles. The van der Waals surface area contributed by atoms with Gasteiger partial charge in [0.1, 0.15) is 5.60 Å². The van der Waals surface area contributed by atoms with Crippen molar-refractivity contribution in [3.05, 3.63) is 58.9 Å². The molecule has 1 amide bonds. The van der Waals surface area contributed by atoms with Crippen LogP contribution < -0.4 is 4.90 Å². The average Bonchev–Trinajstić information content (AvgIpc) is 3.32. The van der Waals surface area contributed by atoms with E-state index in [1.807, 2.05) is 39.0 Å². The van der Waals surface area contributed by atoms with Crippen LogP contribution in [0.3, 0.4) is 0 Å². The molecule has 1 spiro atoms. The Balaban J connectivity index is 1.30. The maximum atomic E-state index is 13.0. The number of nitrogens with zero attached hydrogens (tertiary/aromatic N) is 5. The summed E-state index contributed by atoms with van der Waals surface area (Å²) in [7, 11) is 0. The molecule has 3 atom stereocenters. The van der Waals surface area contributed by atoms with Crippen molar-refractivity contribution < 1.29 is 14.3 Å². The minimum atomic E-state index is -0.592. The summed E-state index contributed by atoms with van der Waals surface area (Å²) in [6, 6.07) is 5.78. The quantitative estimate of drug-likeness (QED) is 0.506. The van der Waals surface area contributed by atoms with Crippen LogP contribution in [0.1, 0.15) is 51.9 Å². The summed E-state index contributed by atoms with van der Waals surface area (Å²) in [4.78, 5) is 17.0. The largest absolute Gasteiger partial charge is 0.444 e. The number of carbonyl (C=O) groups is 1. The van der Waals surface area contributed by atoms with Gasteiger partial charge in [0.15, 0.2) is 5.82 Å². The highest BCUT2D eigenvalue weighted by atomic mass is 35.5. The standard InChI is InChI=1S/C28H34ClN5O3/c1-18-21-7-5-6-8-22(21)28(36-18)11-13-32(14-12-28)25-31-30-24-17-33(26(35)37-27(2,3)4)16-19-15-20(29)9-10-23(19)34(24)25/h5-10,15,18,21-22H,11-14,16-17H2,1-4H3. The Hall–Kier alpha value is -2.84. The molecular formula is C28H34ClN5O3. The smallest absolute Gasteiger partial charge is 0.411 e. The molecule has 37 heavy (non-hydrogen) atoms. The fraction of sp³-hybridized carbons (Fsp3) is 0.536. The normalized spacial score (nSPS) is 26.0. The van der Waals surface area contributed by atoms with Gasteiger partial charge >= 0.3 is 6.09 Å². The van der Waals surface area contributed by atoms with Gasteiger partial charge in [0.25, 0.3) is 0 Å². The monoisotopic (exact) mass is 523 g/mol. The van der Waals surface area contributed by atoms with Gasteiger partial charge in [-0.1, -0.05) is 35.9 Å². The summed E-state index contributed by atoms with van der Waals surface area (Å²) in [6.07, 6.45) is 10.6. The number of hydrogen-bond donors (Lipinski definition) is 0. The number of fused-ring (bicyclic) bond motifs is 5. The minimum Gasteiger partial charge on any atom is -0.444 e. The highest BCUT2D eigenvalue weighted by Gasteiger charge is 2.53. The van der Waals surface area contributed by atoms with Gasteiger partial charge in [-0.2, -0.15) is 0 Å². The first-order valence-electron chi connectivity index (χ1n) is 13.1. The number of amides is 1. The van der Waals surface area contributed by atoms with Crippen LogP contribution in [-0.4, -0.2) is 56.2 Å². The van der Waals surface area contributed by atoms with Crippen molar-refractivity contribution in [2.45, 2.75) is 70.9 Å². The third-order valence-electron chi connectivity index (χ3n) is 7.98. The van der Waals surface area contributed by atoms with Gasteiger partial charge in [0, 0.05) is 29.9 Å². The number of carbonyl (C=O) groups excluding carboxylic acids is 1. The zero-order chi connectivity index (χ0) is 25.9. The fourth-order valence-electron chi connectivity index (χ4n) is 6.31. The van der Waals surface area contributed by atoms with E-state index in [0.717, 1.165) is 43.1 Å². The van der Waals surface area contributed by atoms with E-state index in [-0.39, 0.29) is 17.8 Å². The lowest BCUT2D eigenvalue weighted by molar-refractivity contribution is -0.0618. The van der Waals surface area contributed by atoms with Crippen LogP contribution in [0.25, 0.3) is 5.69 Å². The molecule has 0 saturated carbocycles. The number of piperidine rings is 1. The van der Waals surface area contributed by atoms with E-state index in [1.165, 1.54) is 0 Å². The number of halogens is 1. The van der Waals surface area contributed by atoms with E-state index in [9.17, 15) is 4.79 Å². The lowest BCUT2D eigenvalue weighted by Gasteiger charge is -2.42. The molecule has 4 aliphatic rings.